The number of benzene rings is 2. The number of nitrogens with zero attached hydrogens (tertiary/aromatic N) is 2. The predicted octanol–water partition coefficient (Wildman–Crippen LogP) is 7.69. The number of phenols is 1. The Morgan fingerprint density at radius 1 is 1.09 bits per heavy atom. The molecule has 2 aromatic carbocycles. The highest BCUT2D eigenvalue weighted by Gasteiger charge is 2.34. The fourth-order valence-electron chi connectivity index (χ4n) is 4.77. The molecule has 1 heterocycles. The molecule has 0 aromatic heterocycles. The van der Waals surface area contributed by atoms with Gasteiger partial charge in [-0.15, -0.1) is 0 Å². The lowest BCUT2D eigenvalue weighted by atomic mass is 9.78. The summed E-state index contributed by atoms with van der Waals surface area (Å²) in [6.07, 6.45) is 4.30. The van der Waals surface area contributed by atoms with E-state index in [0.717, 1.165) is 41.9 Å². The molecule has 1 unspecified atom stereocenters. The number of ketones is 1. The molecule has 0 spiro atoms. The van der Waals surface area contributed by atoms with Gasteiger partial charge in [-0.25, -0.2) is 0 Å². The van der Waals surface area contributed by atoms with Crippen LogP contribution in [0.4, 0.5) is 0 Å². The lowest BCUT2D eigenvalue weighted by Gasteiger charge is -2.28. The highest BCUT2D eigenvalue weighted by molar-refractivity contribution is 9.08. The van der Waals surface area contributed by atoms with Crippen molar-refractivity contribution in [3.63, 3.8) is 0 Å². The molecular formula is C30H39BrN2O2. The third-order valence-corrected chi connectivity index (χ3v) is 7.00. The minimum absolute atomic E-state index is 0.0332. The van der Waals surface area contributed by atoms with Crippen molar-refractivity contribution >= 4 is 33.8 Å². The Labute approximate surface area is 219 Å². The summed E-state index contributed by atoms with van der Waals surface area (Å²) < 4.78 is 4.45. The molecule has 1 saturated heterocycles. The van der Waals surface area contributed by atoms with Gasteiger partial charge in [0.15, 0.2) is 5.78 Å². The number of aromatic hydroxyl groups is 1. The zero-order chi connectivity index (χ0) is 26.0. The van der Waals surface area contributed by atoms with Gasteiger partial charge in [0.05, 0.1) is 22.7 Å². The second-order valence-electron chi connectivity index (χ2n) is 11.6. The number of amidine groups is 1. The van der Waals surface area contributed by atoms with E-state index >= 15 is 0 Å². The first-order chi connectivity index (χ1) is 16.4. The SMILES string of the molecule is CCCC1CN(CC(=O)c2cc(C(C)(C)C)c(O)c(C(C)(C)C)c2)C(=N\Br)/C1=C/c1ccccc1. The zero-order valence-electron chi connectivity index (χ0n) is 22.2. The van der Waals surface area contributed by atoms with E-state index in [-0.39, 0.29) is 23.2 Å². The van der Waals surface area contributed by atoms with Crippen LogP contribution in [0.1, 0.15) is 88.4 Å². The largest absolute Gasteiger partial charge is 0.507 e. The van der Waals surface area contributed by atoms with Crippen LogP contribution in [0.3, 0.4) is 0 Å². The second-order valence-corrected chi connectivity index (χ2v) is 12.0. The molecule has 4 nitrogen and oxygen atoms in total. The third-order valence-electron chi connectivity index (χ3n) is 6.66. The lowest BCUT2D eigenvalue weighted by molar-refractivity contribution is 0.0963. The van der Waals surface area contributed by atoms with Crippen molar-refractivity contribution in [2.45, 2.75) is 72.1 Å². The molecule has 1 aliphatic rings. The Morgan fingerprint density at radius 3 is 2.14 bits per heavy atom. The van der Waals surface area contributed by atoms with Crippen LogP contribution < -0.4 is 0 Å². The first kappa shape index (κ1) is 27.2. The van der Waals surface area contributed by atoms with Crippen LogP contribution in [-0.2, 0) is 10.8 Å². The Hall–Kier alpha value is -2.40. The van der Waals surface area contributed by atoms with Gasteiger partial charge in [-0.1, -0.05) is 85.2 Å². The Morgan fingerprint density at radius 2 is 1.66 bits per heavy atom. The summed E-state index contributed by atoms with van der Waals surface area (Å²) in [5.41, 5.74) is 3.98. The summed E-state index contributed by atoms with van der Waals surface area (Å²) in [7, 11) is 0. The average Bonchev–Trinajstić information content (AvgIpc) is 3.08. The summed E-state index contributed by atoms with van der Waals surface area (Å²) >= 11 is 3.34. The highest BCUT2D eigenvalue weighted by atomic mass is 79.9. The van der Waals surface area contributed by atoms with E-state index in [1.165, 1.54) is 5.57 Å². The van der Waals surface area contributed by atoms with Gasteiger partial charge in [0.2, 0.25) is 0 Å². The first-order valence-corrected chi connectivity index (χ1v) is 13.2. The number of hydrogen-bond donors (Lipinski definition) is 1. The summed E-state index contributed by atoms with van der Waals surface area (Å²) in [5, 5.41) is 11.0. The van der Waals surface area contributed by atoms with Crippen molar-refractivity contribution in [1.29, 1.82) is 0 Å². The van der Waals surface area contributed by atoms with E-state index < -0.39 is 0 Å². The molecule has 0 amide bonds. The van der Waals surface area contributed by atoms with Crippen molar-refractivity contribution in [3.8, 4) is 5.75 Å². The van der Waals surface area contributed by atoms with Crippen LogP contribution in [0.5, 0.6) is 5.75 Å². The van der Waals surface area contributed by atoms with E-state index in [1.54, 1.807) is 0 Å². The summed E-state index contributed by atoms with van der Waals surface area (Å²) in [6.45, 7) is 15.6. The van der Waals surface area contributed by atoms with E-state index in [1.807, 2.05) is 30.3 Å². The van der Waals surface area contributed by atoms with E-state index in [0.29, 0.717) is 17.2 Å². The standard InChI is InChI=1S/C30H39BrN2O2/c1-8-12-21-18-33(28(32-31)23(21)15-20-13-10-9-11-14-20)19-26(34)22-16-24(29(2,3)4)27(35)25(17-22)30(5,6)7/h9-11,13-17,21,35H,8,12,18-19H2,1-7H3/b23-15+,32-28-. The molecule has 0 aliphatic carbocycles. The minimum Gasteiger partial charge on any atom is -0.507 e. The number of rotatable bonds is 6. The smallest absolute Gasteiger partial charge is 0.182 e. The van der Waals surface area contributed by atoms with Crippen molar-refractivity contribution < 1.29 is 9.90 Å². The van der Waals surface area contributed by atoms with Gasteiger partial charge < -0.3 is 10.0 Å². The van der Waals surface area contributed by atoms with Crippen molar-refractivity contribution in [2.24, 2.45) is 9.94 Å². The molecule has 3 rings (SSSR count). The van der Waals surface area contributed by atoms with Crippen LogP contribution in [0, 0.1) is 5.92 Å². The van der Waals surface area contributed by atoms with Gasteiger partial charge in [-0.2, -0.15) is 4.02 Å². The second kappa shape index (κ2) is 10.7. The van der Waals surface area contributed by atoms with E-state index in [9.17, 15) is 9.90 Å². The summed E-state index contributed by atoms with van der Waals surface area (Å²) in [4.78, 5) is 15.7. The maximum Gasteiger partial charge on any atom is 0.182 e. The van der Waals surface area contributed by atoms with Gasteiger partial charge >= 0.3 is 0 Å². The average molecular weight is 540 g/mol. The number of carbonyl (C=O) groups excluding carboxylic acids is 1. The number of phenolic OH excluding ortho intramolecular Hbond substituents is 1. The molecule has 1 N–H and O–H groups in total. The summed E-state index contributed by atoms with van der Waals surface area (Å²) in [6, 6.07) is 14.0. The molecule has 0 bridgehead atoms. The fourth-order valence-corrected chi connectivity index (χ4v) is 5.20. The van der Waals surface area contributed by atoms with Gasteiger partial charge in [0.1, 0.15) is 11.6 Å². The fraction of sp³-hybridized carbons (Fsp3) is 0.467. The molecule has 0 saturated carbocycles. The van der Waals surface area contributed by atoms with Gasteiger partial charge in [-0.05, 0) is 41.0 Å². The number of halogens is 1. The van der Waals surface area contributed by atoms with Crippen LogP contribution in [-0.4, -0.2) is 34.7 Å². The summed E-state index contributed by atoms with van der Waals surface area (Å²) in [5.74, 6) is 1.47. The Bertz CT molecular complexity index is 1090. The predicted molar refractivity (Wildman–Crippen MR) is 151 cm³/mol. The van der Waals surface area contributed by atoms with Crippen LogP contribution >= 0.6 is 16.1 Å². The maximum absolute atomic E-state index is 13.6. The van der Waals surface area contributed by atoms with Gasteiger partial charge in [-0.3, -0.25) is 4.79 Å². The Kier molecular flexibility index (Phi) is 8.31. The molecule has 1 fully saturated rings. The highest BCUT2D eigenvalue weighted by Crippen LogP contribution is 2.40. The zero-order valence-corrected chi connectivity index (χ0v) is 23.7. The normalized spacial score (nSPS) is 19.1. The Balaban J connectivity index is 1.98. The van der Waals surface area contributed by atoms with Crippen molar-refractivity contribution in [2.75, 3.05) is 13.1 Å². The third kappa shape index (κ3) is 6.24. The quantitative estimate of drug-likeness (QED) is 0.383. The molecular weight excluding hydrogens is 500 g/mol. The van der Waals surface area contributed by atoms with E-state index in [4.69, 9.17) is 0 Å². The van der Waals surface area contributed by atoms with Crippen molar-refractivity contribution in [1.82, 2.24) is 4.90 Å². The number of hydrogen-bond acceptors (Lipinski definition) is 3. The number of Topliss-reactive ketones (excluding diaryl/α,β-unsaturated/α-hetero) is 1. The first-order valence-electron chi connectivity index (χ1n) is 12.5. The molecule has 0 radical (unpaired) electrons. The molecule has 35 heavy (non-hydrogen) atoms. The molecule has 188 valence electrons. The van der Waals surface area contributed by atoms with Crippen molar-refractivity contribution in [3.05, 3.63) is 70.3 Å². The topological polar surface area (TPSA) is 52.9 Å². The number of likely N-dealkylation sites (tertiary alicyclic amines) is 1. The van der Waals surface area contributed by atoms with Crippen LogP contribution in [0.25, 0.3) is 6.08 Å². The lowest BCUT2D eigenvalue weighted by Crippen LogP contribution is -2.32. The maximum atomic E-state index is 13.6. The minimum atomic E-state index is -0.283. The monoisotopic (exact) mass is 538 g/mol. The van der Waals surface area contributed by atoms with Gasteiger partial charge in [0.25, 0.3) is 0 Å². The molecule has 5 heteroatoms. The van der Waals surface area contributed by atoms with E-state index in [2.05, 4.69) is 91.7 Å². The number of carbonyl (C=O) groups is 1. The molecule has 1 atom stereocenters. The van der Waals surface area contributed by atoms with Crippen LogP contribution in [0.15, 0.2) is 52.1 Å². The van der Waals surface area contributed by atoms with Crippen LogP contribution in [0.2, 0.25) is 0 Å². The molecule has 1 aliphatic heterocycles. The molecule has 2 aromatic rings. The van der Waals surface area contributed by atoms with Gasteiger partial charge in [0, 0.05) is 34.7 Å².